The summed E-state index contributed by atoms with van der Waals surface area (Å²) in [5.74, 6) is -0.0738. The standard InChI is InChI=1S/C15H30O4/c1-4-17-14(16)12-10-8-7-9-11-13-15(18-5-2)19-6-3/h15H,4-13H2,1-3H3. The summed E-state index contributed by atoms with van der Waals surface area (Å²) >= 11 is 0. The maximum Gasteiger partial charge on any atom is 0.305 e. The van der Waals surface area contributed by atoms with Crippen molar-refractivity contribution in [3.63, 3.8) is 0 Å². The van der Waals surface area contributed by atoms with Gasteiger partial charge in [0.15, 0.2) is 6.29 Å². The van der Waals surface area contributed by atoms with Gasteiger partial charge < -0.3 is 14.2 Å². The van der Waals surface area contributed by atoms with E-state index in [4.69, 9.17) is 14.2 Å². The summed E-state index contributed by atoms with van der Waals surface area (Å²) in [5, 5.41) is 0. The zero-order chi connectivity index (χ0) is 14.3. The molecule has 0 aromatic rings. The van der Waals surface area contributed by atoms with Crippen molar-refractivity contribution < 1.29 is 19.0 Å². The van der Waals surface area contributed by atoms with Crippen LogP contribution in [0.15, 0.2) is 0 Å². The fourth-order valence-electron chi connectivity index (χ4n) is 1.93. The van der Waals surface area contributed by atoms with E-state index in [1.54, 1.807) is 0 Å². The summed E-state index contributed by atoms with van der Waals surface area (Å²) in [7, 11) is 0. The molecule has 0 N–H and O–H groups in total. The third-order valence-electron chi connectivity index (χ3n) is 2.83. The second kappa shape index (κ2) is 13.8. The minimum Gasteiger partial charge on any atom is -0.466 e. The van der Waals surface area contributed by atoms with Gasteiger partial charge in [-0.2, -0.15) is 0 Å². The van der Waals surface area contributed by atoms with Gasteiger partial charge in [-0.25, -0.2) is 0 Å². The van der Waals surface area contributed by atoms with Crippen LogP contribution in [0.4, 0.5) is 0 Å². The zero-order valence-corrected chi connectivity index (χ0v) is 12.8. The van der Waals surface area contributed by atoms with Crippen molar-refractivity contribution in [2.45, 2.75) is 72.0 Å². The minimum absolute atomic E-state index is 0.0467. The average Bonchev–Trinajstić information content (AvgIpc) is 2.38. The maximum atomic E-state index is 11.1. The number of hydrogen-bond donors (Lipinski definition) is 0. The topological polar surface area (TPSA) is 44.8 Å². The van der Waals surface area contributed by atoms with Gasteiger partial charge in [-0.15, -0.1) is 0 Å². The van der Waals surface area contributed by atoms with Gasteiger partial charge in [-0.3, -0.25) is 4.79 Å². The van der Waals surface area contributed by atoms with Crippen LogP contribution in [0, 0.1) is 0 Å². The van der Waals surface area contributed by atoms with Crippen molar-refractivity contribution in [3.05, 3.63) is 0 Å². The molecule has 0 aliphatic carbocycles. The summed E-state index contributed by atoms with van der Waals surface area (Å²) in [5.41, 5.74) is 0. The molecule has 0 fully saturated rings. The summed E-state index contributed by atoms with van der Waals surface area (Å²) in [6.45, 7) is 7.69. The highest BCUT2D eigenvalue weighted by molar-refractivity contribution is 5.69. The number of unbranched alkanes of at least 4 members (excludes halogenated alkanes) is 4. The molecular weight excluding hydrogens is 244 g/mol. The van der Waals surface area contributed by atoms with E-state index in [-0.39, 0.29) is 12.3 Å². The van der Waals surface area contributed by atoms with Crippen molar-refractivity contribution in [1.29, 1.82) is 0 Å². The molecule has 4 heteroatoms. The lowest BCUT2D eigenvalue weighted by Crippen LogP contribution is -2.17. The van der Waals surface area contributed by atoms with Crippen LogP contribution in [0.1, 0.15) is 65.7 Å². The van der Waals surface area contributed by atoms with E-state index < -0.39 is 0 Å². The highest BCUT2D eigenvalue weighted by Gasteiger charge is 2.07. The summed E-state index contributed by atoms with van der Waals surface area (Å²) < 4.78 is 15.9. The molecule has 0 rings (SSSR count). The smallest absolute Gasteiger partial charge is 0.305 e. The van der Waals surface area contributed by atoms with Gasteiger partial charge in [0.25, 0.3) is 0 Å². The number of ether oxygens (including phenoxy) is 3. The maximum absolute atomic E-state index is 11.1. The van der Waals surface area contributed by atoms with Gasteiger partial charge in [0.05, 0.1) is 6.61 Å². The Balaban J connectivity index is 3.35. The fraction of sp³-hybridized carbons (Fsp3) is 0.933. The van der Waals surface area contributed by atoms with E-state index in [1.165, 1.54) is 6.42 Å². The second-order valence-corrected chi connectivity index (χ2v) is 4.45. The molecule has 0 atom stereocenters. The molecule has 0 aromatic heterocycles. The molecule has 0 unspecified atom stereocenters. The molecule has 114 valence electrons. The number of rotatable bonds is 13. The third-order valence-corrected chi connectivity index (χ3v) is 2.83. The molecule has 0 aromatic carbocycles. The highest BCUT2D eigenvalue weighted by atomic mass is 16.7. The molecular formula is C15H30O4. The molecule has 0 aliphatic rings. The van der Waals surface area contributed by atoms with Crippen LogP contribution in [-0.2, 0) is 19.0 Å². The Hall–Kier alpha value is -0.610. The van der Waals surface area contributed by atoms with E-state index in [9.17, 15) is 4.79 Å². The quantitative estimate of drug-likeness (QED) is 0.292. The molecule has 0 amide bonds. The first-order chi connectivity index (χ1) is 9.24. The van der Waals surface area contributed by atoms with E-state index in [0.717, 1.165) is 32.1 Å². The highest BCUT2D eigenvalue weighted by Crippen LogP contribution is 2.11. The van der Waals surface area contributed by atoms with Gasteiger partial charge in [0.1, 0.15) is 0 Å². The van der Waals surface area contributed by atoms with E-state index in [0.29, 0.717) is 26.2 Å². The Morgan fingerprint density at radius 3 is 2.00 bits per heavy atom. The minimum atomic E-state index is -0.0738. The number of hydrogen-bond acceptors (Lipinski definition) is 4. The molecule has 19 heavy (non-hydrogen) atoms. The van der Waals surface area contributed by atoms with E-state index >= 15 is 0 Å². The first-order valence-electron chi connectivity index (χ1n) is 7.63. The van der Waals surface area contributed by atoms with Crippen molar-refractivity contribution in [2.24, 2.45) is 0 Å². The van der Waals surface area contributed by atoms with Gasteiger partial charge in [-0.05, 0) is 40.0 Å². The van der Waals surface area contributed by atoms with Crippen LogP contribution < -0.4 is 0 Å². The normalized spacial score (nSPS) is 10.9. The molecule has 0 heterocycles. The third kappa shape index (κ3) is 12.2. The molecule has 0 aliphatic heterocycles. The zero-order valence-electron chi connectivity index (χ0n) is 12.8. The Morgan fingerprint density at radius 2 is 1.42 bits per heavy atom. The predicted molar refractivity (Wildman–Crippen MR) is 76.0 cm³/mol. The second-order valence-electron chi connectivity index (χ2n) is 4.45. The number of esters is 1. The molecule has 0 saturated carbocycles. The van der Waals surface area contributed by atoms with Crippen molar-refractivity contribution in [3.8, 4) is 0 Å². The molecule has 0 saturated heterocycles. The first-order valence-corrected chi connectivity index (χ1v) is 7.63. The van der Waals surface area contributed by atoms with Gasteiger partial charge in [0, 0.05) is 19.6 Å². The van der Waals surface area contributed by atoms with Gasteiger partial charge >= 0.3 is 5.97 Å². The predicted octanol–water partition coefficient (Wildman–Crippen LogP) is 3.68. The Morgan fingerprint density at radius 1 is 0.842 bits per heavy atom. The summed E-state index contributed by atoms with van der Waals surface area (Å²) in [6, 6.07) is 0. The van der Waals surface area contributed by atoms with Crippen molar-refractivity contribution in [2.75, 3.05) is 19.8 Å². The lowest BCUT2D eigenvalue weighted by atomic mass is 10.1. The first kappa shape index (κ1) is 18.4. The average molecular weight is 274 g/mol. The Bertz CT molecular complexity index is 200. The molecule has 0 radical (unpaired) electrons. The van der Waals surface area contributed by atoms with Gasteiger partial charge in [0.2, 0.25) is 0 Å². The number of carbonyl (C=O) groups is 1. The van der Waals surface area contributed by atoms with Crippen LogP contribution in [-0.4, -0.2) is 32.1 Å². The Labute approximate surface area is 117 Å². The van der Waals surface area contributed by atoms with Gasteiger partial charge in [-0.1, -0.05) is 19.3 Å². The SMILES string of the molecule is CCOC(=O)CCCCCCCC(OCC)OCC. The van der Waals surface area contributed by atoms with Crippen molar-refractivity contribution in [1.82, 2.24) is 0 Å². The van der Waals surface area contributed by atoms with Crippen LogP contribution in [0.3, 0.4) is 0 Å². The van der Waals surface area contributed by atoms with Crippen molar-refractivity contribution >= 4 is 5.97 Å². The fourth-order valence-corrected chi connectivity index (χ4v) is 1.93. The largest absolute Gasteiger partial charge is 0.466 e. The van der Waals surface area contributed by atoms with E-state index in [2.05, 4.69) is 0 Å². The van der Waals surface area contributed by atoms with Crippen LogP contribution in [0.5, 0.6) is 0 Å². The lowest BCUT2D eigenvalue weighted by Gasteiger charge is -2.16. The monoisotopic (exact) mass is 274 g/mol. The van der Waals surface area contributed by atoms with Crippen LogP contribution >= 0.6 is 0 Å². The molecule has 0 spiro atoms. The number of carbonyl (C=O) groups excluding carboxylic acids is 1. The summed E-state index contributed by atoms with van der Waals surface area (Å²) in [4.78, 5) is 11.1. The van der Waals surface area contributed by atoms with Crippen LogP contribution in [0.2, 0.25) is 0 Å². The Kier molecular flexibility index (Phi) is 13.4. The van der Waals surface area contributed by atoms with Crippen LogP contribution in [0.25, 0.3) is 0 Å². The van der Waals surface area contributed by atoms with E-state index in [1.807, 2.05) is 20.8 Å². The molecule has 4 nitrogen and oxygen atoms in total. The lowest BCUT2D eigenvalue weighted by molar-refractivity contribution is -0.143. The molecule has 0 bridgehead atoms. The summed E-state index contributed by atoms with van der Waals surface area (Å²) in [6.07, 6.45) is 6.92.